The van der Waals surface area contributed by atoms with Gasteiger partial charge in [-0.3, -0.25) is 0 Å². The molecule has 0 aliphatic heterocycles. The van der Waals surface area contributed by atoms with E-state index in [9.17, 15) is 0 Å². The monoisotopic (exact) mass is 197 g/mol. The highest BCUT2D eigenvalue weighted by atomic mass is 32.1. The lowest BCUT2D eigenvalue weighted by molar-refractivity contribution is 1.03. The number of anilines is 1. The van der Waals surface area contributed by atoms with E-state index in [4.69, 9.17) is 5.73 Å². The van der Waals surface area contributed by atoms with Crippen LogP contribution in [0.5, 0.6) is 0 Å². The summed E-state index contributed by atoms with van der Waals surface area (Å²) >= 11 is 1.65. The zero-order valence-electron chi connectivity index (χ0n) is 8.08. The molecule has 0 fully saturated rings. The zero-order valence-corrected chi connectivity index (χ0v) is 8.90. The van der Waals surface area contributed by atoms with Crippen molar-refractivity contribution in [3.05, 3.63) is 17.7 Å². The smallest absolute Gasteiger partial charge is 0.185 e. The van der Waals surface area contributed by atoms with Crippen molar-refractivity contribution in [3.63, 3.8) is 0 Å². The van der Waals surface area contributed by atoms with Crippen LogP contribution in [0.15, 0.2) is 12.8 Å². The molecule has 1 aromatic rings. The van der Waals surface area contributed by atoms with E-state index in [0.717, 1.165) is 22.0 Å². The summed E-state index contributed by atoms with van der Waals surface area (Å²) in [5.41, 5.74) is 6.52. The first kappa shape index (κ1) is 10.2. The van der Waals surface area contributed by atoms with Crippen LogP contribution < -0.4 is 10.6 Å². The summed E-state index contributed by atoms with van der Waals surface area (Å²) in [5, 5.41) is 1.01. The maximum absolute atomic E-state index is 5.45. The molecule has 0 bridgehead atoms. The molecule has 0 saturated carbocycles. The highest BCUT2D eigenvalue weighted by Gasteiger charge is 2.05. The van der Waals surface area contributed by atoms with Crippen molar-refractivity contribution < 1.29 is 0 Å². The predicted molar refractivity (Wildman–Crippen MR) is 59.1 cm³/mol. The summed E-state index contributed by atoms with van der Waals surface area (Å²) in [7, 11) is 3.96. The minimum Gasteiger partial charge on any atom is -0.354 e. The highest BCUT2D eigenvalue weighted by molar-refractivity contribution is 7.16. The second-order valence-corrected chi connectivity index (χ2v) is 4.05. The highest BCUT2D eigenvalue weighted by Crippen LogP contribution is 2.26. The van der Waals surface area contributed by atoms with Gasteiger partial charge in [0, 0.05) is 20.3 Å². The molecule has 72 valence electrons. The standard InChI is InChI=1S/C9H15N3S/c1-7(4-5-10)8-6-11-9(13-8)12(2)3/h6H,1,4-5,10H2,2-3H3. The van der Waals surface area contributed by atoms with E-state index in [0.29, 0.717) is 6.54 Å². The van der Waals surface area contributed by atoms with E-state index in [1.54, 1.807) is 11.3 Å². The van der Waals surface area contributed by atoms with Crippen LogP contribution in [0.3, 0.4) is 0 Å². The first-order valence-corrected chi connectivity index (χ1v) is 4.98. The van der Waals surface area contributed by atoms with Gasteiger partial charge in [-0.15, -0.1) is 0 Å². The summed E-state index contributed by atoms with van der Waals surface area (Å²) in [4.78, 5) is 7.39. The molecule has 0 aliphatic rings. The average molecular weight is 197 g/mol. The van der Waals surface area contributed by atoms with Gasteiger partial charge in [-0.2, -0.15) is 0 Å². The maximum Gasteiger partial charge on any atom is 0.185 e. The van der Waals surface area contributed by atoms with Gasteiger partial charge in [-0.05, 0) is 18.5 Å². The van der Waals surface area contributed by atoms with Gasteiger partial charge >= 0.3 is 0 Å². The Bertz CT molecular complexity index is 291. The summed E-state index contributed by atoms with van der Waals surface area (Å²) in [5.74, 6) is 0. The molecular formula is C9H15N3S. The Morgan fingerprint density at radius 3 is 2.85 bits per heavy atom. The third kappa shape index (κ3) is 2.54. The Labute approximate surface area is 82.9 Å². The lowest BCUT2D eigenvalue weighted by Crippen LogP contribution is -2.07. The van der Waals surface area contributed by atoms with E-state index in [1.165, 1.54) is 0 Å². The number of rotatable bonds is 4. The van der Waals surface area contributed by atoms with E-state index in [2.05, 4.69) is 11.6 Å². The van der Waals surface area contributed by atoms with Crippen LogP contribution in [0.1, 0.15) is 11.3 Å². The van der Waals surface area contributed by atoms with Crippen LogP contribution in [0.2, 0.25) is 0 Å². The quantitative estimate of drug-likeness (QED) is 0.796. The second-order valence-electron chi connectivity index (χ2n) is 3.04. The molecular weight excluding hydrogens is 182 g/mol. The fourth-order valence-electron chi connectivity index (χ4n) is 0.933. The van der Waals surface area contributed by atoms with Crippen LogP contribution in [-0.2, 0) is 0 Å². The van der Waals surface area contributed by atoms with Gasteiger partial charge in [0.2, 0.25) is 0 Å². The molecule has 0 unspecified atom stereocenters. The molecule has 0 aromatic carbocycles. The minimum atomic E-state index is 0.647. The minimum absolute atomic E-state index is 0.647. The summed E-state index contributed by atoms with van der Waals surface area (Å²) in [6, 6.07) is 0. The number of hydrogen-bond acceptors (Lipinski definition) is 4. The molecule has 0 saturated heterocycles. The average Bonchev–Trinajstić information content (AvgIpc) is 2.52. The molecule has 0 aliphatic carbocycles. The van der Waals surface area contributed by atoms with Crippen molar-refractivity contribution in [3.8, 4) is 0 Å². The van der Waals surface area contributed by atoms with Crippen LogP contribution in [0.4, 0.5) is 5.13 Å². The molecule has 0 atom stereocenters. The lowest BCUT2D eigenvalue weighted by atomic mass is 10.2. The van der Waals surface area contributed by atoms with Crippen LogP contribution in [0, 0.1) is 0 Å². The normalized spacial score (nSPS) is 10.1. The maximum atomic E-state index is 5.45. The van der Waals surface area contributed by atoms with Gasteiger partial charge in [-0.1, -0.05) is 17.9 Å². The first-order valence-electron chi connectivity index (χ1n) is 4.16. The number of nitrogens with two attached hydrogens (primary N) is 1. The molecule has 0 radical (unpaired) electrons. The third-order valence-corrected chi connectivity index (χ3v) is 2.94. The number of aromatic nitrogens is 1. The molecule has 4 heteroatoms. The third-order valence-electron chi connectivity index (χ3n) is 1.67. The zero-order chi connectivity index (χ0) is 9.84. The van der Waals surface area contributed by atoms with E-state index in [-0.39, 0.29) is 0 Å². The molecule has 0 amide bonds. The summed E-state index contributed by atoms with van der Waals surface area (Å²) < 4.78 is 0. The molecule has 1 rings (SSSR count). The predicted octanol–water partition coefficient (Wildman–Crippen LogP) is 1.57. The Balaban J connectivity index is 2.73. The van der Waals surface area contributed by atoms with Gasteiger partial charge in [-0.25, -0.2) is 4.98 Å². The van der Waals surface area contributed by atoms with Crippen molar-refractivity contribution in [1.82, 2.24) is 4.98 Å². The van der Waals surface area contributed by atoms with Gasteiger partial charge in [0.05, 0.1) is 4.88 Å². The Hall–Kier alpha value is -0.870. The van der Waals surface area contributed by atoms with Gasteiger partial charge in [0.25, 0.3) is 0 Å². The topological polar surface area (TPSA) is 42.1 Å². The van der Waals surface area contributed by atoms with Crippen molar-refractivity contribution in [2.24, 2.45) is 5.73 Å². The van der Waals surface area contributed by atoms with E-state index in [1.807, 2.05) is 25.2 Å². The summed E-state index contributed by atoms with van der Waals surface area (Å²) in [6.07, 6.45) is 2.70. The van der Waals surface area contributed by atoms with Crippen molar-refractivity contribution >= 4 is 22.0 Å². The summed E-state index contributed by atoms with van der Waals surface area (Å²) in [6.45, 7) is 4.61. The molecule has 0 spiro atoms. The molecule has 3 nitrogen and oxygen atoms in total. The number of nitrogens with zero attached hydrogens (tertiary/aromatic N) is 2. The molecule has 1 aromatic heterocycles. The van der Waals surface area contributed by atoms with Crippen LogP contribution in [0.25, 0.3) is 5.57 Å². The fraction of sp³-hybridized carbons (Fsp3) is 0.444. The first-order chi connectivity index (χ1) is 6.15. The number of hydrogen-bond donors (Lipinski definition) is 1. The van der Waals surface area contributed by atoms with Gasteiger partial charge in [0.15, 0.2) is 5.13 Å². The molecule has 2 N–H and O–H groups in total. The SMILES string of the molecule is C=C(CCN)c1cnc(N(C)C)s1. The number of thiazole rings is 1. The van der Waals surface area contributed by atoms with Gasteiger partial charge in [0.1, 0.15) is 0 Å². The second kappa shape index (κ2) is 4.39. The fourth-order valence-corrected chi connectivity index (χ4v) is 1.77. The van der Waals surface area contributed by atoms with Crippen LogP contribution >= 0.6 is 11.3 Å². The Morgan fingerprint density at radius 2 is 2.38 bits per heavy atom. The molecule has 1 heterocycles. The lowest BCUT2D eigenvalue weighted by Gasteiger charge is -2.05. The van der Waals surface area contributed by atoms with Crippen molar-refractivity contribution in [1.29, 1.82) is 0 Å². The van der Waals surface area contributed by atoms with Crippen molar-refractivity contribution in [2.45, 2.75) is 6.42 Å². The largest absolute Gasteiger partial charge is 0.354 e. The molecule has 13 heavy (non-hydrogen) atoms. The Morgan fingerprint density at radius 1 is 1.69 bits per heavy atom. The van der Waals surface area contributed by atoms with Crippen molar-refractivity contribution in [2.75, 3.05) is 25.5 Å². The van der Waals surface area contributed by atoms with E-state index < -0.39 is 0 Å². The van der Waals surface area contributed by atoms with E-state index >= 15 is 0 Å². The Kier molecular flexibility index (Phi) is 3.45. The van der Waals surface area contributed by atoms with Gasteiger partial charge < -0.3 is 10.6 Å². The van der Waals surface area contributed by atoms with Crippen LogP contribution in [-0.4, -0.2) is 25.6 Å².